The molecule has 1 aliphatic rings. The van der Waals surface area contributed by atoms with E-state index in [9.17, 15) is 9.59 Å². The van der Waals surface area contributed by atoms with E-state index in [4.69, 9.17) is 9.47 Å². The number of anilines is 1. The number of amides is 3. The van der Waals surface area contributed by atoms with Gasteiger partial charge < -0.3 is 24.6 Å². The van der Waals surface area contributed by atoms with Crippen molar-refractivity contribution in [3.63, 3.8) is 0 Å². The molecule has 4 rings (SSSR count). The van der Waals surface area contributed by atoms with E-state index in [0.717, 1.165) is 16.0 Å². The third kappa shape index (κ3) is 5.96. The Kier molecular flexibility index (Phi) is 7.49. The number of fused-ring (bicyclic) bond motifs is 1. The number of rotatable bonds is 9. The molecule has 176 valence electrons. The van der Waals surface area contributed by atoms with Crippen LogP contribution in [0.5, 0.6) is 11.5 Å². The number of benzene rings is 2. The van der Waals surface area contributed by atoms with Crippen LogP contribution in [0.3, 0.4) is 0 Å². The molecule has 7 nitrogen and oxygen atoms in total. The molecule has 0 unspecified atom stereocenters. The zero-order valence-electron chi connectivity index (χ0n) is 19.0. The summed E-state index contributed by atoms with van der Waals surface area (Å²) in [7, 11) is 0. The van der Waals surface area contributed by atoms with E-state index in [1.54, 1.807) is 22.3 Å². The lowest BCUT2D eigenvalue weighted by Gasteiger charge is -2.27. The highest BCUT2D eigenvalue weighted by Gasteiger charge is 2.23. The second-order valence-corrected chi connectivity index (χ2v) is 9.02. The van der Waals surface area contributed by atoms with Crippen LogP contribution in [-0.2, 0) is 17.9 Å². The molecule has 0 fully saturated rings. The highest BCUT2D eigenvalue weighted by molar-refractivity contribution is 7.09. The van der Waals surface area contributed by atoms with Crippen LogP contribution in [0.15, 0.2) is 72.6 Å². The molecule has 0 saturated heterocycles. The topological polar surface area (TPSA) is 71.1 Å². The predicted octanol–water partition coefficient (Wildman–Crippen LogP) is 5.03. The largest absolute Gasteiger partial charge is 0.454 e. The van der Waals surface area contributed by atoms with Crippen LogP contribution in [0, 0.1) is 6.92 Å². The zero-order chi connectivity index (χ0) is 23.9. The molecule has 1 N–H and O–H groups in total. The SMILES string of the molecule is C=CCN(CC(=O)N(Cc1ccc2c(c1)OCO2)Cc1cccs1)C(=O)Nc1cccc(C)c1. The summed E-state index contributed by atoms with van der Waals surface area (Å²) in [6, 6.07) is 16.8. The molecule has 0 spiro atoms. The monoisotopic (exact) mass is 477 g/mol. The van der Waals surface area contributed by atoms with Gasteiger partial charge in [-0.1, -0.05) is 30.3 Å². The Morgan fingerprint density at radius 1 is 1.06 bits per heavy atom. The van der Waals surface area contributed by atoms with Gasteiger partial charge in [0.05, 0.1) is 6.54 Å². The quantitative estimate of drug-likeness (QED) is 0.439. The van der Waals surface area contributed by atoms with Gasteiger partial charge in [0.15, 0.2) is 11.5 Å². The van der Waals surface area contributed by atoms with Crippen molar-refractivity contribution in [1.29, 1.82) is 0 Å². The van der Waals surface area contributed by atoms with E-state index in [-0.39, 0.29) is 31.8 Å². The molecule has 34 heavy (non-hydrogen) atoms. The first-order valence-corrected chi connectivity index (χ1v) is 11.8. The van der Waals surface area contributed by atoms with Gasteiger partial charge in [-0.25, -0.2) is 4.79 Å². The molecule has 8 heteroatoms. The molecule has 0 saturated carbocycles. The van der Waals surface area contributed by atoms with Crippen molar-refractivity contribution >= 4 is 29.0 Å². The predicted molar refractivity (Wildman–Crippen MR) is 133 cm³/mol. The number of carbonyl (C=O) groups excluding carboxylic acids is 2. The summed E-state index contributed by atoms with van der Waals surface area (Å²) in [5.74, 6) is 1.21. The summed E-state index contributed by atoms with van der Waals surface area (Å²) in [6.45, 7) is 6.92. The average Bonchev–Trinajstić information content (AvgIpc) is 3.50. The fraction of sp³-hybridized carbons (Fsp3) is 0.231. The second-order valence-electron chi connectivity index (χ2n) is 7.99. The summed E-state index contributed by atoms with van der Waals surface area (Å²) < 4.78 is 10.9. The smallest absolute Gasteiger partial charge is 0.322 e. The van der Waals surface area contributed by atoms with Gasteiger partial charge in [-0.05, 0) is 53.8 Å². The number of nitrogens with one attached hydrogen (secondary N) is 1. The van der Waals surface area contributed by atoms with Gasteiger partial charge >= 0.3 is 6.03 Å². The van der Waals surface area contributed by atoms with Crippen LogP contribution in [-0.4, -0.2) is 41.6 Å². The van der Waals surface area contributed by atoms with E-state index < -0.39 is 0 Å². The lowest BCUT2D eigenvalue weighted by Crippen LogP contribution is -2.44. The molecule has 3 aromatic rings. The second kappa shape index (κ2) is 10.9. The summed E-state index contributed by atoms with van der Waals surface area (Å²) in [5, 5.41) is 4.86. The molecule has 1 aliphatic heterocycles. The lowest BCUT2D eigenvalue weighted by atomic mass is 10.2. The normalized spacial score (nSPS) is 11.7. The number of thiophene rings is 1. The average molecular weight is 478 g/mol. The highest BCUT2D eigenvalue weighted by atomic mass is 32.1. The molecule has 3 amide bonds. The molecule has 0 atom stereocenters. The van der Waals surface area contributed by atoms with Gasteiger partial charge in [-0.3, -0.25) is 4.79 Å². The molecule has 0 bridgehead atoms. The van der Waals surface area contributed by atoms with Gasteiger partial charge in [0, 0.05) is 23.7 Å². The highest BCUT2D eigenvalue weighted by Crippen LogP contribution is 2.33. The van der Waals surface area contributed by atoms with Crippen LogP contribution in [0.25, 0.3) is 0 Å². The third-order valence-corrected chi connectivity index (χ3v) is 6.18. The zero-order valence-corrected chi connectivity index (χ0v) is 19.8. The van der Waals surface area contributed by atoms with E-state index in [2.05, 4.69) is 11.9 Å². The number of nitrogens with zero attached hydrogens (tertiary/aromatic N) is 2. The Morgan fingerprint density at radius 2 is 1.91 bits per heavy atom. The van der Waals surface area contributed by atoms with Crippen molar-refractivity contribution in [3.8, 4) is 11.5 Å². The van der Waals surface area contributed by atoms with Crippen LogP contribution >= 0.6 is 11.3 Å². The maximum Gasteiger partial charge on any atom is 0.322 e. The number of hydrogen-bond acceptors (Lipinski definition) is 5. The van der Waals surface area contributed by atoms with Crippen molar-refractivity contribution in [2.24, 2.45) is 0 Å². The van der Waals surface area contributed by atoms with Gasteiger partial charge in [-0.2, -0.15) is 0 Å². The van der Waals surface area contributed by atoms with E-state index >= 15 is 0 Å². The van der Waals surface area contributed by atoms with Crippen LogP contribution in [0.1, 0.15) is 16.0 Å². The van der Waals surface area contributed by atoms with E-state index in [1.165, 1.54) is 4.90 Å². The number of hydrogen-bond donors (Lipinski definition) is 1. The summed E-state index contributed by atoms with van der Waals surface area (Å²) >= 11 is 1.59. The molecule has 0 aliphatic carbocycles. The Bertz CT molecular complexity index is 1160. The van der Waals surface area contributed by atoms with Crippen molar-refractivity contribution in [1.82, 2.24) is 9.80 Å². The Hall–Kier alpha value is -3.78. The van der Waals surface area contributed by atoms with Crippen LogP contribution in [0.4, 0.5) is 10.5 Å². The first-order valence-electron chi connectivity index (χ1n) is 10.9. The molecular weight excluding hydrogens is 450 g/mol. The molecular formula is C26H27N3O4S. The minimum atomic E-state index is -0.349. The fourth-order valence-corrected chi connectivity index (χ4v) is 4.37. The van der Waals surface area contributed by atoms with Gasteiger partial charge in [0.2, 0.25) is 12.7 Å². The fourth-order valence-electron chi connectivity index (χ4n) is 3.65. The van der Waals surface area contributed by atoms with Gasteiger partial charge in [0.1, 0.15) is 6.54 Å². The number of carbonyl (C=O) groups is 2. The third-order valence-electron chi connectivity index (χ3n) is 5.32. The van der Waals surface area contributed by atoms with Crippen molar-refractivity contribution in [2.45, 2.75) is 20.0 Å². The summed E-state index contributed by atoms with van der Waals surface area (Å²) in [4.78, 5) is 30.6. The van der Waals surface area contributed by atoms with Crippen LogP contribution < -0.4 is 14.8 Å². The Morgan fingerprint density at radius 3 is 2.68 bits per heavy atom. The summed E-state index contributed by atoms with van der Waals surface area (Å²) in [6.07, 6.45) is 1.62. The van der Waals surface area contributed by atoms with Crippen LogP contribution in [0.2, 0.25) is 0 Å². The number of ether oxygens (including phenoxy) is 2. The first-order chi connectivity index (χ1) is 16.5. The molecule has 2 heterocycles. The maximum absolute atomic E-state index is 13.4. The van der Waals surface area contributed by atoms with E-state index in [0.29, 0.717) is 30.3 Å². The number of urea groups is 1. The maximum atomic E-state index is 13.4. The van der Waals surface area contributed by atoms with Crippen molar-refractivity contribution in [2.75, 3.05) is 25.2 Å². The minimum Gasteiger partial charge on any atom is -0.454 e. The molecule has 1 aromatic heterocycles. The minimum absolute atomic E-state index is 0.0698. The summed E-state index contributed by atoms with van der Waals surface area (Å²) in [5.41, 5.74) is 2.64. The number of aryl methyl sites for hydroxylation is 1. The molecule has 0 radical (unpaired) electrons. The Labute approximate surface area is 203 Å². The Balaban J connectivity index is 1.49. The van der Waals surface area contributed by atoms with Crippen molar-refractivity contribution < 1.29 is 19.1 Å². The molecule has 2 aromatic carbocycles. The standard InChI is InChI=1S/C26H27N3O4S/c1-3-11-28(26(31)27-21-7-4-6-19(2)13-21)17-25(30)29(16-22-8-5-12-34-22)15-20-9-10-23-24(14-20)33-18-32-23/h3-10,12-14H,1,11,15-18H2,2H3,(H,27,31). The van der Waals surface area contributed by atoms with Gasteiger partial charge in [-0.15, -0.1) is 17.9 Å². The lowest BCUT2D eigenvalue weighted by molar-refractivity contribution is -0.132. The van der Waals surface area contributed by atoms with E-state index in [1.807, 2.05) is 66.9 Å². The van der Waals surface area contributed by atoms with Crippen molar-refractivity contribution in [3.05, 3.63) is 88.6 Å². The van der Waals surface area contributed by atoms with Gasteiger partial charge in [0.25, 0.3) is 0 Å². The first kappa shape index (κ1) is 23.4.